The van der Waals surface area contributed by atoms with E-state index in [9.17, 15) is 18.0 Å². The summed E-state index contributed by atoms with van der Waals surface area (Å²) in [6.07, 6.45) is -3.64. The minimum atomic E-state index is -4.34. The van der Waals surface area contributed by atoms with Crippen LogP contribution in [0.2, 0.25) is 0 Å². The Labute approximate surface area is 115 Å². The zero-order chi connectivity index (χ0) is 14.8. The van der Waals surface area contributed by atoms with Crippen molar-refractivity contribution in [3.63, 3.8) is 0 Å². The Hall–Kier alpha value is -1.56. The Morgan fingerprint density at radius 3 is 2.50 bits per heavy atom. The highest BCUT2D eigenvalue weighted by molar-refractivity contribution is 5.74. The number of benzene rings is 1. The number of halogens is 3. The van der Waals surface area contributed by atoms with E-state index in [0.29, 0.717) is 13.0 Å². The van der Waals surface area contributed by atoms with E-state index in [1.165, 1.54) is 19.2 Å². The molecule has 1 saturated heterocycles. The highest BCUT2D eigenvalue weighted by Crippen LogP contribution is 2.34. The van der Waals surface area contributed by atoms with Gasteiger partial charge in [-0.3, -0.25) is 4.79 Å². The summed E-state index contributed by atoms with van der Waals surface area (Å²) in [6, 6.07) is 5.03. The van der Waals surface area contributed by atoms with Crippen LogP contribution in [-0.2, 0) is 15.7 Å². The summed E-state index contributed by atoms with van der Waals surface area (Å²) in [5, 5.41) is 3.10. The van der Waals surface area contributed by atoms with Gasteiger partial charge in [0.15, 0.2) is 0 Å². The Balaban J connectivity index is 2.22. The summed E-state index contributed by atoms with van der Waals surface area (Å²) in [5.74, 6) is -0.793. The average molecular weight is 287 g/mol. The first-order valence-corrected chi connectivity index (χ1v) is 6.39. The first kappa shape index (κ1) is 14.8. The number of piperidine rings is 1. The molecule has 1 aromatic carbocycles. The molecule has 1 N–H and O–H groups in total. The molecule has 2 unspecified atom stereocenters. The van der Waals surface area contributed by atoms with Crippen LogP contribution in [0, 0.1) is 5.92 Å². The number of ether oxygens (including phenoxy) is 1. The largest absolute Gasteiger partial charge is 0.469 e. The molecule has 0 amide bonds. The maximum Gasteiger partial charge on any atom is 0.416 e. The molecule has 2 rings (SSSR count). The number of rotatable bonds is 2. The maximum atomic E-state index is 12.5. The van der Waals surface area contributed by atoms with E-state index >= 15 is 0 Å². The highest BCUT2D eigenvalue weighted by Gasteiger charge is 2.34. The summed E-state index contributed by atoms with van der Waals surface area (Å²) in [6.45, 7) is 1.22. The van der Waals surface area contributed by atoms with E-state index in [1.807, 2.05) is 0 Å². The number of esters is 1. The molecule has 0 radical (unpaired) electrons. The summed E-state index contributed by atoms with van der Waals surface area (Å²) in [7, 11) is 1.32. The normalized spacial score (nSPS) is 23.4. The minimum absolute atomic E-state index is 0.106. The van der Waals surface area contributed by atoms with Crippen LogP contribution in [0.1, 0.15) is 23.5 Å². The Morgan fingerprint density at radius 1 is 1.30 bits per heavy atom. The molecule has 6 heteroatoms. The molecule has 0 bridgehead atoms. The van der Waals surface area contributed by atoms with Crippen LogP contribution in [0.15, 0.2) is 24.3 Å². The van der Waals surface area contributed by atoms with Gasteiger partial charge in [0.1, 0.15) is 0 Å². The molecule has 0 saturated carbocycles. The van der Waals surface area contributed by atoms with E-state index in [-0.39, 0.29) is 17.8 Å². The number of carbonyl (C=O) groups excluding carboxylic acids is 1. The van der Waals surface area contributed by atoms with Gasteiger partial charge in [-0.15, -0.1) is 0 Å². The number of hydrogen-bond acceptors (Lipinski definition) is 3. The van der Waals surface area contributed by atoms with Gasteiger partial charge >= 0.3 is 12.1 Å². The molecule has 1 aromatic rings. The zero-order valence-corrected chi connectivity index (χ0v) is 11.0. The lowest BCUT2D eigenvalue weighted by Gasteiger charge is -2.30. The molecular formula is C14H16F3NO2. The van der Waals surface area contributed by atoms with Gasteiger partial charge in [0.2, 0.25) is 0 Å². The summed E-state index contributed by atoms with van der Waals surface area (Å²) < 4.78 is 42.4. The number of alkyl halides is 3. The lowest BCUT2D eigenvalue weighted by atomic mass is 9.81. The van der Waals surface area contributed by atoms with Gasteiger partial charge < -0.3 is 10.1 Å². The van der Waals surface area contributed by atoms with Crippen LogP contribution in [0.3, 0.4) is 0 Å². The molecule has 1 aliphatic rings. The van der Waals surface area contributed by atoms with Crippen LogP contribution in [0.5, 0.6) is 0 Å². The van der Waals surface area contributed by atoms with Gasteiger partial charge in [0, 0.05) is 6.54 Å². The van der Waals surface area contributed by atoms with Gasteiger partial charge in [-0.2, -0.15) is 13.2 Å². The molecule has 3 nitrogen and oxygen atoms in total. The molecule has 2 atom stereocenters. The second-order valence-electron chi connectivity index (χ2n) is 4.85. The van der Waals surface area contributed by atoms with Crippen molar-refractivity contribution in [2.75, 3.05) is 20.2 Å². The fraction of sp³-hybridized carbons (Fsp3) is 0.500. The van der Waals surface area contributed by atoms with Crippen molar-refractivity contribution in [3.05, 3.63) is 35.4 Å². The highest BCUT2D eigenvalue weighted by atomic mass is 19.4. The van der Waals surface area contributed by atoms with E-state index in [0.717, 1.165) is 24.2 Å². The van der Waals surface area contributed by atoms with Crippen LogP contribution in [-0.4, -0.2) is 26.2 Å². The molecule has 1 aliphatic heterocycles. The topological polar surface area (TPSA) is 38.3 Å². The average Bonchev–Trinajstić information content (AvgIpc) is 2.45. The predicted octanol–water partition coefficient (Wildman–Crippen LogP) is 2.57. The standard InChI is InChI=1S/C14H16F3NO2/c1-20-13(19)12-8-18-7-6-11(12)9-2-4-10(5-3-9)14(15,16)17/h2-5,11-12,18H,6-8H2,1H3. The van der Waals surface area contributed by atoms with Crippen molar-refractivity contribution >= 4 is 5.97 Å². The quantitative estimate of drug-likeness (QED) is 0.850. The lowest BCUT2D eigenvalue weighted by molar-refractivity contribution is -0.146. The summed E-state index contributed by atoms with van der Waals surface area (Å²) >= 11 is 0. The van der Waals surface area contributed by atoms with Crippen LogP contribution >= 0.6 is 0 Å². The maximum absolute atomic E-state index is 12.5. The van der Waals surface area contributed by atoms with Gasteiger partial charge in [-0.25, -0.2) is 0 Å². The molecule has 0 aromatic heterocycles. The Bertz CT molecular complexity index is 470. The Morgan fingerprint density at radius 2 is 1.95 bits per heavy atom. The second-order valence-corrected chi connectivity index (χ2v) is 4.85. The Kier molecular flexibility index (Phi) is 4.32. The molecule has 0 aliphatic carbocycles. The first-order valence-electron chi connectivity index (χ1n) is 6.39. The van der Waals surface area contributed by atoms with Crippen molar-refractivity contribution in [2.45, 2.75) is 18.5 Å². The molecule has 110 valence electrons. The third-order valence-corrected chi connectivity index (χ3v) is 3.65. The van der Waals surface area contributed by atoms with Crippen LogP contribution in [0.4, 0.5) is 13.2 Å². The summed E-state index contributed by atoms with van der Waals surface area (Å²) in [5.41, 5.74) is 0.0692. The second kappa shape index (κ2) is 5.83. The molecule has 1 heterocycles. The fourth-order valence-corrected chi connectivity index (χ4v) is 2.58. The minimum Gasteiger partial charge on any atom is -0.469 e. The van der Waals surface area contributed by atoms with Crippen molar-refractivity contribution in [1.82, 2.24) is 5.32 Å². The SMILES string of the molecule is COC(=O)C1CNCCC1c1ccc(C(F)(F)F)cc1. The fourth-order valence-electron chi connectivity index (χ4n) is 2.58. The molecular weight excluding hydrogens is 271 g/mol. The smallest absolute Gasteiger partial charge is 0.416 e. The molecule has 1 fully saturated rings. The summed E-state index contributed by atoms with van der Waals surface area (Å²) in [4.78, 5) is 11.7. The molecule has 20 heavy (non-hydrogen) atoms. The first-order chi connectivity index (χ1) is 9.43. The van der Waals surface area contributed by atoms with Crippen molar-refractivity contribution in [1.29, 1.82) is 0 Å². The number of methoxy groups -OCH3 is 1. The van der Waals surface area contributed by atoms with E-state index in [1.54, 1.807) is 0 Å². The van der Waals surface area contributed by atoms with E-state index < -0.39 is 11.7 Å². The predicted molar refractivity (Wildman–Crippen MR) is 67.2 cm³/mol. The number of hydrogen-bond donors (Lipinski definition) is 1. The van der Waals surface area contributed by atoms with Crippen molar-refractivity contribution < 1.29 is 22.7 Å². The van der Waals surface area contributed by atoms with Gasteiger partial charge in [0.25, 0.3) is 0 Å². The third kappa shape index (κ3) is 3.12. The van der Waals surface area contributed by atoms with Gasteiger partial charge in [-0.1, -0.05) is 12.1 Å². The number of nitrogens with one attached hydrogen (secondary N) is 1. The monoisotopic (exact) mass is 287 g/mol. The van der Waals surface area contributed by atoms with Gasteiger partial charge in [0.05, 0.1) is 18.6 Å². The van der Waals surface area contributed by atoms with E-state index in [4.69, 9.17) is 4.74 Å². The lowest BCUT2D eigenvalue weighted by Crippen LogP contribution is -2.40. The number of carbonyl (C=O) groups is 1. The third-order valence-electron chi connectivity index (χ3n) is 3.65. The van der Waals surface area contributed by atoms with Crippen molar-refractivity contribution in [3.8, 4) is 0 Å². The van der Waals surface area contributed by atoms with Crippen LogP contribution < -0.4 is 5.32 Å². The van der Waals surface area contributed by atoms with Crippen LogP contribution in [0.25, 0.3) is 0 Å². The molecule has 0 spiro atoms. The zero-order valence-electron chi connectivity index (χ0n) is 11.0. The van der Waals surface area contributed by atoms with E-state index in [2.05, 4.69) is 5.32 Å². The van der Waals surface area contributed by atoms with Gasteiger partial charge in [-0.05, 0) is 36.6 Å². The van der Waals surface area contributed by atoms with Crippen molar-refractivity contribution in [2.24, 2.45) is 5.92 Å².